The van der Waals surface area contributed by atoms with Crippen molar-refractivity contribution in [3.05, 3.63) is 65.2 Å². The van der Waals surface area contributed by atoms with E-state index in [1.165, 1.54) is 33.5 Å². The lowest BCUT2D eigenvalue weighted by Crippen LogP contribution is -2.32. The van der Waals surface area contributed by atoms with Crippen molar-refractivity contribution >= 4 is 27.5 Å². The first-order valence-corrected chi connectivity index (χ1v) is 14.4. The molecule has 2 aliphatic rings. The molecule has 1 amide bonds. The summed E-state index contributed by atoms with van der Waals surface area (Å²) in [7, 11) is 0.254. The van der Waals surface area contributed by atoms with Crippen LogP contribution in [0.4, 0.5) is 0 Å². The Labute approximate surface area is 224 Å². The van der Waals surface area contributed by atoms with Gasteiger partial charge in [0.2, 0.25) is 10.0 Å². The zero-order chi connectivity index (χ0) is 27.4. The highest BCUT2D eigenvalue weighted by atomic mass is 32.2. The van der Waals surface area contributed by atoms with Crippen molar-refractivity contribution in [3.8, 4) is 5.75 Å². The molecule has 0 aliphatic carbocycles. The Bertz CT molecular complexity index is 1300. The standard InChI is InChI=1S/C28H35N3O6S/c1-4-37-22-12-8-20(9-13-22)25-24(27(33)28(34)31(25)19-7-16-29(2)3)26(32)21-10-14-23(15-11-21)38(35,36)30-17-5-6-18-30/h8-15,25,32H,4-7,16-19H2,1-3H3. The predicted molar refractivity (Wildman–Crippen MR) is 144 cm³/mol. The Morgan fingerprint density at radius 3 is 2.24 bits per heavy atom. The Kier molecular flexibility index (Phi) is 8.54. The minimum absolute atomic E-state index is 0.0147. The van der Waals surface area contributed by atoms with Gasteiger partial charge in [0.05, 0.1) is 23.1 Å². The van der Waals surface area contributed by atoms with Crippen LogP contribution in [0.3, 0.4) is 0 Å². The van der Waals surface area contributed by atoms with Crippen molar-refractivity contribution in [2.75, 3.05) is 46.9 Å². The fraction of sp³-hybridized carbons (Fsp3) is 0.429. The maximum atomic E-state index is 13.2. The summed E-state index contributed by atoms with van der Waals surface area (Å²) < 4.78 is 32.8. The smallest absolute Gasteiger partial charge is 0.295 e. The molecule has 9 nitrogen and oxygen atoms in total. The molecule has 2 heterocycles. The van der Waals surface area contributed by atoms with Crippen LogP contribution in [0.15, 0.2) is 59.0 Å². The SMILES string of the molecule is CCOc1ccc(C2C(=C(O)c3ccc(S(=O)(=O)N4CCCC4)cc3)C(=O)C(=O)N2CCCN(C)C)cc1. The fourth-order valence-corrected chi connectivity index (χ4v) is 6.46. The van der Waals surface area contributed by atoms with Crippen molar-refractivity contribution in [3.63, 3.8) is 0 Å². The highest BCUT2D eigenvalue weighted by Gasteiger charge is 2.45. The van der Waals surface area contributed by atoms with Crippen LogP contribution in [-0.2, 0) is 19.6 Å². The van der Waals surface area contributed by atoms with Gasteiger partial charge >= 0.3 is 0 Å². The van der Waals surface area contributed by atoms with E-state index in [0.717, 1.165) is 19.4 Å². The Balaban J connectivity index is 1.72. The number of likely N-dealkylation sites (tertiary alicyclic amines) is 1. The van der Waals surface area contributed by atoms with Gasteiger partial charge in [0.25, 0.3) is 11.7 Å². The number of benzene rings is 2. The van der Waals surface area contributed by atoms with E-state index in [1.54, 1.807) is 24.3 Å². The number of rotatable bonds is 10. The first kappa shape index (κ1) is 27.8. The van der Waals surface area contributed by atoms with Gasteiger partial charge in [-0.1, -0.05) is 12.1 Å². The van der Waals surface area contributed by atoms with Crippen LogP contribution in [0, 0.1) is 0 Å². The van der Waals surface area contributed by atoms with Gasteiger partial charge in [-0.25, -0.2) is 8.42 Å². The third-order valence-electron chi connectivity index (χ3n) is 6.88. The first-order valence-electron chi connectivity index (χ1n) is 12.9. The molecule has 2 aliphatic heterocycles. The summed E-state index contributed by atoms with van der Waals surface area (Å²) in [6.45, 7) is 4.43. The van der Waals surface area contributed by atoms with E-state index in [0.29, 0.717) is 44.0 Å². The van der Waals surface area contributed by atoms with E-state index in [4.69, 9.17) is 4.74 Å². The maximum Gasteiger partial charge on any atom is 0.295 e. The minimum Gasteiger partial charge on any atom is -0.507 e. The predicted octanol–water partition coefficient (Wildman–Crippen LogP) is 3.24. The van der Waals surface area contributed by atoms with E-state index < -0.39 is 27.8 Å². The molecule has 0 aromatic heterocycles. The monoisotopic (exact) mass is 541 g/mol. The van der Waals surface area contributed by atoms with Crippen LogP contribution in [0.25, 0.3) is 5.76 Å². The second kappa shape index (κ2) is 11.7. The van der Waals surface area contributed by atoms with E-state index in [9.17, 15) is 23.1 Å². The molecule has 2 saturated heterocycles. The number of nitrogens with zero attached hydrogens (tertiary/aromatic N) is 3. The number of ether oxygens (including phenoxy) is 1. The average molecular weight is 542 g/mol. The average Bonchev–Trinajstić information content (AvgIpc) is 3.53. The van der Waals surface area contributed by atoms with Gasteiger partial charge in [-0.15, -0.1) is 0 Å². The molecule has 1 N–H and O–H groups in total. The Morgan fingerprint density at radius 1 is 1.03 bits per heavy atom. The molecule has 1 atom stereocenters. The zero-order valence-corrected chi connectivity index (χ0v) is 22.9. The van der Waals surface area contributed by atoms with Crippen molar-refractivity contribution in [2.45, 2.75) is 37.1 Å². The quantitative estimate of drug-likeness (QED) is 0.280. The summed E-state index contributed by atoms with van der Waals surface area (Å²) in [5.41, 5.74) is 0.930. The normalized spacial score (nSPS) is 20.0. The van der Waals surface area contributed by atoms with E-state index in [1.807, 2.05) is 25.9 Å². The minimum atomic E-state index is -3.62. The number of aliphatic hydroxyl groups excluding tert-OH is 1. The van der Waals surface area contributed by atoms with Gasteiger partial charge in [0.15, 0.2) is 0 Å². The molecule has 1 unspecified atom stereocenters. The lowest BCUT2D eigenvalue weighted by molar-refractivity contribution is -0.139. The number of amides is 1. The van der Waals surface area contributed by atoms with Crippen LogP contribution < -0.4 is 4.74 Å². The van der Waals surface area contributed by atoms with E-state index in [-0.39, 0.29) is 21.8 Å². The molecule has 0 saturated carbocycles. The highest BCUT2D eigenvalue weighted by Crippen LogP contribution is 2.40. The maximum absolute atomic E-state index is 13.2. The van der Waals surface area contributed by atoms with Crippen LogP contribution in [0.1, 0.15) is 43.4 Å². The molecule has 2 fully saturated rings. The number of Topliss-reactive ketones (excluding diaryl/α,β-unsaturated/α-hetero) is 1. The van der Waals surface area contributed by atoms with Crippen LogP contribution in [0.2, 0.25) is 0 Å². The van der Waals surface area contributed by atoms with E-state index >= 15 is 0 Å². The molecular formula is C28H35N3O6S. The van der Waals surface area contributed by atoms with Crippen LogP contribution in [0.5, 0.6) is 5.75 Å². The molecule has 4 rings (SSSR count). The molecule has 0 spiro atoms. The highest BCUT2D eigenvalue weighted by molar-refractivity contribution is 7.89. The molecule has 0 radical (unpaired) electrons. The van der Waals surface area contributed by atoms with Crippen molar-refractivity contribution < 1.29 is 27.9 Å². The van der Waals surface area contributed by atoms with Gasteiger partial charge in [0, 0.05) is 25.2 Å². The molecule has 38 heavy (non-hydrogen) atoms. The molecule has 2 aromatic rings. The third-order valence-corrected chi connectivity index (χ3v) is 8.79. The second-order valence-corrected chi connectivity index (χ2v) is 11.7. The van der Waals surface area contributed by atoms with Crippen molar-refractivity contribution in [2.24, 2.45) is 0 Å². The Morgan fingerprint density at radius 2 is 1.66 bits per heavy atom. The summed E-state index contributed by atoms with van der Waals surface area (Å²) in [6, 6.07) is 12.2. The largest absolute Gasteiger partial charge is 0.507 e. The number of carbonyl (C=O) groups excluding carboxylic acids is 2. The lowest BCUT2D eigenvalue weighted by Gasteiger charge is -2.26. The number of sulfonamides is 1. The summed E-state index contributed by atoms with van der Waals surface area (Å²) in [5.74, 6) is -1.10. The van der Waals surface area contributed by atoms with Gasteiger partial charge < -0.3 is 19.6 Å². The van der Waals surface area contributed by atoms with Gasteiger partial charge in [-0.2, -0.15) is 4.31 Å². The molecule has 2 aromatic carbocycles. The lowest BCUT2D eigenvalue weighted by atomic mass is 9.95. The topological polar surface area (TPSA) is 107 Å². The van der Waals surface area contributed by atoms with E-state index in [2.05, 4.69) is 0 Å². The molecule has 0 bridgehead atoms. The number of hydrogen-bond acceptors (Lipinski definition) is 7. The van der Waals surface area contributed by atoms with Crippen LogP contribution in [-0.4, -0.2) is 86.2 Å². The van der Waals surface area contributed by atoms with Crippen molar-refractivity contribution in [1.82, 2.24) is 14.1 Å². The summed E-state index contributed by atoms with van der Waals surface area (Å²) in [6.07, 6.45) is 2.31. The third kappa shape index (κ3) is 5.62. The molecule has 10 heteroatoms. The molecular weight excluding hydrogens is 506 g/mol. The number of aliphatic hydroxyl groups is 1. The summed E-state index contributed by atoms with van der Waals surface area (Å²) >= 11 is 0. The first-order chi connectivity index (χ1) is 18.1. The van der Waals surface area contributed by atoms with Gasteiger partial charge in [0.1, 0.15) is 11.5 Å². The van der Waals surface area contributed by atoms with Gasteiger partial charge in [-0.3, -0.25) is 9.59 Å². The Hall–Kier alpha value is -3.21. The molecule has 204 valence electrons. The van der Waals surface area contributed by atoms with Crippen molar-refractivity contribution in [1.29, 1.82) is 0 Å². The second-order valence-electron chi connectivity index (χ2n) is 9.79. The summed E-state index contributed by atoms with van der Waals surface area (Å²) in [4.78, 5) is 30.0. The van der Waals surface area contributed by atoms with Gasteiger partial charge in [-0.05, 0) is 88.8 Å². The number of ketones is 1. The fourth-order valence-electron chi connectivity index (χ4n) is 4.95. The van der Waals surface area contributed by atoms with Crippen LogP contribution >= 0.6 is 0 Å². The number of hydrogen-bond donors (Lipinski definition) is 1. The number of carbonyl (C=O) groups is 2. The summed E-state index contributed by atoms with van der Waals surface area (Å²) in [5, 5.41) is 11.3. The zero-order valence-electron chi connectivity index (χ0n) is 22.1.